The third-order valence-corrected chi connectivity index (χ3v) is 1.12. The molecule has 1 radical (unpaired) electrons. The summed E-state index contributed by atoms with van der Waals surface area (Å²) in [7, 11) is 0. The van der Waals surface area contributed by atoms with Gasteiger partial charge in [-0.15, -0.1) is 0 Å². The van der Waals surface area contributed by atoms with Gasteiger partial charge in [-0.3, -0.25) is 0 Å². The SMILES string of the molecule is CC(C)[CH]CC(O)C(=O)O. The van der Waals surface area contributed by atoms with Crippen molar-refractivity contribution < 1.29 is 15.0 Å². The van der Waals surface area contributed by atoms with E-state index in [-0.39, 0.29) is 6.42 Å². The number of rotatable bonds is 4. The standard InChI is InChI=1S/C7H13O3/c1-5(2)3-4-6(8)7(9)10/h3,5-6,8H,4H2,1-2H3,(H,9,10). The Bertz CT molecular complexity index is 109. The van der Waals surface area contributed by atoms with Crippen LogP contribution < -0.4 is 0 Å². The Hall–Kier alpha value is -0.570. The monoisotopic (exact) mass is 145 g/mol. The summed E-state index contributed by atoms with van der Waals surface area (Å²) in [5, 5.41) is 17.0. The van der Waals surface area contributed by atoms with Crippen LogP contribution in [0.5, 0.6) is 0 Å². The molecule has 0 rings (SSSR count). The molecule has 3 heteroatoms. The molecule has 0 spiro atoms. The summed E-state index contributed by atoms with van der Waals surface area (Å²) in [6.07, 6.45) is 0.772. The van der Waals surface area contributed by atoms with E-state index in [0.717, 1.165) is 0 Å². The van der Waals surface area contributed by atoms with Crippen LogP contribution in [0, 0.1) is 12.3 Å². The fourth-order valence-electron chi connectivity index (χ4n) is 0.502. The summed E-state index contributed by atoms with van der Waals surface area (Å²) >= 11 is 0. The highest BCUT2D eigenvalue weighted by atomic mass is 16.4. The average Bonchev–Trinajstić information content (AvgIpc) is 1.82. The summed E-state index contributed by atoms with van der Waals surface area (Å²) in [6, 6.07) is 0. The summed E-state index contributed by atoms with van der Waals surface area (Å²) in [6.45, 7) is 3.88. The molecule has 2 N–H and O–H groups in total. The predicted octanol–water partition coefficient (Wildman–Crippen LogP) is 0.682. The van der Waals surface area contributed by atoms with Crippen LogP contribution in [0.2, 0.25) is 0 Å². The Balaban J connectivity index is 3.40. The molecule has 0 aromatic heterocycles. The smallest absolute Gasteiger partial charge is 0.332 e. The van der Waals surface area contributed by atoms with E-state index in [0.29, 0.717) is 5.92 Å². The molecule has 0 saturated heterocycles. The van der Waals surface area contributed by atoms with E-state index >= 15 is 0 Å². The van der Waals surface area contributed by atoms with E-state index in [1.54, 1.807) is 6.42 Å². The molecule has 59 valence electrons. The van der Waals surface area contributed by atoms with Crippen LogP contribution in [-0.4, -0.2) is 22.3 Å². The third kappa shape index (κ3) is 4.32. The molecule has 0 bridgehead atoms. The average molecular weight is 145 g/mol. The molecule has 0 heterocycles. The van der Waals surface area contributed by atoms with E-state index in [9.17, 15) is 4.79 Å². The molecule has 0 aliphatic rings. The second-order valence-corrected chi connectivity index (χ2v) is 2.57. The van der Waals surface area contributed by atoms with Crippen molar-refractivity contribution in [3.05, 3.63) is 6.42 Å². The molecular formula is C7H13O3. The number of hydrogen-bond donors (Lipinski definition) is 2. The van der Waals surface area contributed by atoms with Gasteiger partial charge in [0.25, 0.3) is 0 Å². The van der Waals surface area contributed by atoms with Crippen molar-refractivity contribution in [3.8, 4) is 0 Å². The number of hydrogen-bond acceptors (Lipinski definition) is 2. The molecule has 0 aromatic rings. The van der Waals surface area contributed by atoms with E-state index in [2.05, 4.69) is 0 Å². The van der Waals surface area contributed by atoms with Crippen LogP contribution in [0.3, 0.4) is 0 Å². The van der Waals surface area contributed by atoms with Gasteiger partial charge < -0.3 is 10.2 Å². The van der Waals surface area contributed by atoms with Crippen molar-refractivity contribution >= 4 is 5.97 Å². The molecule has 0 aliphatic heterocycles. The van der Waals surface area contributed by atoms with Crippen molar-refractivity contribution in [3.63, 3.8) is 0 Å². The van der Waals surface area contributed by atoms with Gasteiger partial charge in [-0.05, 0) is 18.8 Å². The Kier molecular flexibility index (Phi) is 4.03. The molecule has 0 saturated carbocycles. The normalized spacial score (nSPS) is 13.6. The highest BCUT2D eigenvalue weighted by Crippen LogP contribution is 2.04. The number of aliphatic carboxylic acids is 1. The third-order valence-electron chi connectivity index (χ3n) is 1.12. The van der Waals surface area contributed by atoms with Crippen LogP contribution in [0.4, 0.5) is 0 Å². The van der Waals surface area contributed by atoms with Crippen LogP contribution >= 0.6 is 0 Å². The summed E-state index contributed by atoms with van der Waals surface area (Å²) in [5.41, 5.74) is 0. The predicted molar refractivity (Wildman–Crippen MR) is 37.4 cm³/mol. The fraction of sp³-hybridized carbons (Fsp3) is 0.714. The minimum atomic E-state index is -1.23. The lowest BCUT2D eigenvalue weighted by Gasteiger charge is -2.05. The van der Waals surface area contributed by atoms with Gasteiger partial charge in [0.15, 0.2) is 6.10 Å². The van der Waals surface area contributed by atoms with Crippen molar-refractivity contribution in [1.29, 1.82) is 0 Å². The largest absolute Gasteiger partial charge is 0.479 e. The van der Waals surface area contributed by atoms with Crippen molar-refractivity contribution in [1.82, 2.24) is 0 Å². The Morgan fingerprint density at radius 2 is 2.10 bits per heavy atom. The van der Waals surface area contributed by atoms with Crippen LogP contribution in [0.15, 0.2) is 0 Å². The van der Waals surface area contributed by atoms with Crippen molar-refractivity contribution in [2.24, 2.45) is 5.92 Å². The molecule has 0 fully saturated rings. The zero-order valence-electron chi connectivity index (χ0n) is 6.24. The van der Waals surface area contributed by atoms with Crippen molar-refractivity contribution in [2.75, 3.05) is 0 Å². The van der Waals surface area contributed by atoms with E-state index < -0.39 is 12.1 Å². The summed E-state index contributed by atoms with van der Waals surface area (Å²) in [5.74, 6) is -0.828. The van der Waals surface area contributed by atoms with Gasteiger partial charge in [-0.1, -0.05) is 13.8 Å². The Morgan fingerprint density at radius 1 is 1.60 bits per heavy atom. The number of aliphatic hydroxyl groups excluding tert-OH is 1. The first-order chi connectivity index (χ1) is 4.54. The van der Waals surface area contributed by atoms with Crippen LogP contribution in [-0.2, 0) is 4.79 Å². The fourth-order valence-corrected chi connectivity index (χ4v) is 0.502. The topological polar surface area (TPSA) is 57.5 Å². The van der Waals surface area contributed by atoms with E-state index in [1.807, 2.05) is 13.8 Å². The lowest BCUT2D eigenvalue weighted by atomic mass is 10.1. The van der Waals surface area contributed by atoms with Gasteiger partial charge >= 0.3 is 5.97 Å². The highest BCUT2D eigenvalue weighted by Gasteiger charge is 2.12. The number of carboxylic acids is 1. The highest BCUT2D eigenvalue weighted by molar-refractivity contribution is 5.71. The maximum Gasteiger partial charge on any atom is 0.332 e. The molecular weight excluding hydrogens is 132 g/mol. The number of aliphatic hydroxyl groups is 1. The quantitative estimate of drug-likeness (QED) is 0.611. The second kappa shape index (κ2) is 4.28. The first-order valence-corrected chi connectivity index (χ1v) is 3.28. The van der Waals surface area contributed by atoms with Gasteiger partial charge in [-0.2, -0.15) is 0 Å². The van der Waals surface area contributed by atoms with Crippen molar-refractivity contribution in [2.45, 2.75) is 26.4 Å². The van der Waals surface area contributed by atoms with E-state index in [1.165, 1.54) is 0 Å². The summed E-state index contributed by atoms with van der Waals surface area (Å²) in [4.78, 5) is 10.0. The van der Waals surface area contributed by atoms with Gasteiger partial charge in [0.2, 0.25) is 0 Å². The minimum absolute atomic E-state index is 0.229. The number of carboxylic acid groups (broad SMARTS) is 1. The molecule has 3 nitrogen and oxygen atoms in total. The zero-order valence-corrected chi connectivity index (χ0v) is 6.24. The molecule has 1 unspecified atom stereocenters. The Labute approximate surface area is 60.7 Å². The maximum atomic E-state index is 10.0. The zero-order chi connectivity index (χ0) is 8.15. The first kappa shape index (κ1) is 9.43. The maximum absolute atomic E-state index is 10.0. The molecule has 1 atom stereocenters. The van der Waals surface area contributed by atoms with Gasteiger partial charge in [0.05, 0.1) is 0 Å². The lowest BCUT2D eigenvalue weighted by molar-refractivity contribution is -0.146. The molecule has 0 amide bonds. The first-order valence-electron chi connectivity index (χ1n) is 3.28. The molecule has 0 aliphatic carbocycles. The minimum Gasteiger partial charge on any atom is -0.479 e. The van der Waals surface area contributed by atoms with Gasteiger partial charge in [0.1, 0.15) is 0 Å². The Morgan fingerprint density at radius 3 is 2.40 bits per heavy atom. The van der Waals surface area contributed by atoms with Crippen LogP contribution in [0.25, 0.3) is 0 Å². The van der Waals surface area contributed by atoms with Gasteiger partial charge in [0, 0.05) is 0 Å². The lowest BCUT2D eigenvalue weighted by Crippen LogP contribution is -2.19. The van der Waals surface area contributed by atoms with E-state index in [4.69, 9.17) is 10.2 Å². The number of carbonyl (C=O) groups is 1. The summed E-state index contributed by atoms with van der Waals surface area (Å²) < 4.78 is 0. The molecule has 0 aromatic carbocycles. The second-order valence-electron chi connectivity index (χ2n) is 2.57. The molecule has 10 heavy (non-hydrogen) atoms. The van der Waals surface area contributed by atoms with Crippen LogP contribution in [0.1, 0.15) is 20.3 Å². The van der Waals surface area contributed by atoms with Gasteiger partial charge in [-0.25, -0.2) is 4.79 Å².